The number of amides is 1. The van der Waals surface area contributed by atoms with Gasteiger partial charge in [0.15, 0.2) is 0 Å². The lowest BCUT2D eigenvalue weighted by Gasteiger charge is -2.18. The van der Waals surface area contributed by atoms with Crippen molar-refractivity contribution < 1.29 is 22.3 Å². The molecule has 0 bridgehead atoms. The van der Waals surface area contributed by atoms with Crippen LogP contribution in [0.1, 0.15) is 18.0 Å². The second-order valence-corrected chi connectivity index (χ2v) is 7.78. The summed E-state index contributed by atoms with van der Waals surface area (Å²) < 4.78 is 43.7. The first-order chi connectivity index (χ1) is 12.2. The average Bonchev–Trinajstić information content (AvgIpc) is 2.54. The smallest absolute Gasteiger partial charge is 0.226 e. The zero-order chi connectivity index (χ0) is 19.3. The van der Waals surface area contributed by atoms with E-state index in [1.54, 1.807) is 12.1 Å². The first kappa shape index (κ1) is 20.2. The molecule has 0 saturated carbocycles. The molecule has 0 aliphatic rings. The molecule has 140 valence electrons. The molecule has 0 fully saturated rings. The summed E-state index contributed by atoms with van der Waals surface area (Å²) in [7, 11) is -2.10. The van der Waals surface area contributed by atoms with Gasteiger partial charge in [0.1, 0.15) is 11.6 Å². The Labute approximate surface area is 156 Å². The number of nitrogens with one attached hydrogen (secondary N) is 2. The third-order valence-electron chi connectivity index (χ3n) is 3.45. The number of halogens is 2. The van der Waals surface area contributed by atoms with E-state index in [1.165, 1.54) is 37.4 Å². The Balaban J connectivity index is 2.15. The monoisotopic (exact) mass is 400 g/mol. The van der Waals surface area contributed by atoms with Crippen LogP contribution in [-0.4, -0.2) is 27.7 Å². The minimum atomic E-state index is -3.58. The van der Waals surface area contributed by atoms with E-state index in [0.717, 1.165) is 6.26 Å². The van der Waals surface area contributed by atoms with Gasteiger partial charge in [-0.3, -0.25) is 4.79 Å². The minimum Gasteiger partial charge on any atom is -0.495 e. The fourth-order valence-electron chi connectivity index (χ4n) is 2.32. The van der Waals surface area contributed by atoms with Crippen molar-refractivity contribution in [3.63, 3.8) is 0 Å². The zero-order valence-corrected chi connectivity index (χ0v) is 15.7. The van der Waals surface area contributed by atoms with Crippen LogP contribution in [0.3, 0.4) is 0 Å². The Bertz CT molecular complexity index is 888. The number of benzene rings is 2. The molecule has 2 N–H and O–H groups in total. The highest BCUT2D eigenvalue weighted by Gasteiger charge is 2.20. The van der Waals surface area contributed by atoms with Gasteiger partial charge in [0.2, 0.25) is 15.9 Å². The molecule has 26 heavy (non-hydrogen) atoms. The second kappa shape index (κ2) is 8.48. The van der Waals surface area contributed by atoms with E-state index in [-0.39, 0.29) is 6.42 Å². The van der Waals surface area contributed by atoms with Gasteiger partial charge in [0.25, 0.3) is 0 Å². The first-order valence-corrected chi connectivity index (χ1v) is 9.81. The van der Waals surface area contributed by atoms with Crippen molar-refractivity contribution in [2.24, 2.45) is 0 Å². The predicted octanol–water partition coefficient (Wildman–Crippen LogP) is 3.11. The third-order valence-corrected chi connectivity index (χ3v) is 4.46. The number of sulfonamides is 1. The number of methoxy groups -OCH3 is 1. The summed E-state index contributed by atoms with van der Waals surface area (Å²) in [5.41, 5.74) is 0.915. The van der Waals surface area contributed by atoms with Crippen molar-refractivity contribution >= 4 is 33.2 Å². The quantitative estimate of drug-likeness (QED) is 0.747. The maximum absolute atomic E-state index is 13.1. The molecule has 0 spiro atoms. The van der Waals surface area contributed by atoms with Crippen molar-refractivity contribution in [1.82, 2.24) is 4.72 Å². The van der Waals surface area contributed by atoms with Gasteiger partial charge in [-0.25, -0.2) is 17.5 Å². The number of hydrogen-bond donors (Lipinski definition) is 2. The molecule has 0 saturated heterocycles. The van der Waals surface area contributed by atoms with E-state index >= 15 is 0 Å². The fourth-order valence-corrected chi connectivity index (χ4v) is 3.32. The minimum absolute atomic E-state index is 0.178. The molecule has 0 radical (unpaired) electrons. The summed E-state index contributed by atoms with van der Waals surface area (Å²) in [6.45, 7) is 0. The molecule has 2 rings (SSSR count). The fraction of sp³-hybridized carbons (Fsp3) is 0.235. The maximum atomic E-state index is 13.1. The number of carbonyl (C=O) groups is 1. The van der Waals surface area contributed by atoms with Crippen molar-refractivity contribution in [2.75, 3.05) is 18.7 Å². The predicted molar refractivity (Wildman–Crippen MR) is 98.4 cm³/mol. The Hall–Kier alpha value is -2.16. The van der Waals surface area contributed by atoms with Crippen molar-refractivity contribution in [2.45, 2.75) is 12.5 Å². The molecule has 1 atom stereocenters. The van der Waals surface area contributed by atoms with Gasteiger partial charge in [-0.05, 0) is 35.9 Å². The van der Waals surface area contributed by atoms with Crippen LogP contribution in [0.5, 0.6) is 5.75 Å². The van der Waals surface area contributed by atoms with Gasteiger partial charge in [0.05, 0.1) is 24.4 Å². The van der Waals surface area contributed by atoms with Gasteiger partial charge in [-0.15, -0.1) is 0 Å². The summed E-state index contributed by atoms with van der Waals surface area (Å²) in [6.07, 6.45) is 0.813. The van der Waals surface area contributed by atoms with Crippen molar-refractivity contribution in [3.05, 3.63) is 58.9 Å². The Morgan fingerprint density at radius 3 is 2.42 bits per heavy atom. The van der Waals surface area contributed by atoms with E-state index in [0.29, 0.717) is 22.0 Å². The van der Waals surface area contributed by atoms with Crippen molar-refractivity contribution in [3.8, 4) is 5.75 Å². The number of anilines is 1. The molecule has 1 amide bonds. The first-order valence-electron chi connectivity index (χ1n) is 7.54. The van der Waals surface area contributed by atoms with Crippen LogP contribution in [0.25, 0.3) is 0 Å². The number of hydrogen-bond acceptors (Lipinski definition) is 4. The highest BCUT2D eigenvalue weighted by molar-refractivity contribution is 7.88. The summed E-state index contributed by atoms with van der Waals surface area (Å²) in [4.78, 5) is 12.3. The molecular weight excluding hydrogens is 383 g/mol. The lowest BCUT2D eigenvalue weighted by Crippen LogP contribution is -2.30. The van der Waals surface area contributed by atoms with Gasteiger partial charge in [-0.1, -0.05) is 23.7 Å². The molecule has 0 heterocycles. The normalized spacial score (nSPS) is 12.5. The van der Waals surface area contributed by atoms with Gasteiger partial charge < -0.3 is 10.1 Å². The maximum Gasteiger partial charge on any atom is 0.226 e. The Morgan fingerprint density at radius 1 is 1.23 bits per heavy atom. The number of rotatable bonds is 7. The lowest BCUT2D eigenvalue weighted by atomic mass is 10.0. The van der Waals surface area contributed by atoms with Crippen LogP contribution in [0.15, 0.2) is 42.5 Å². The van der Waals surface area contributed by atoms with Crippen LogP contribution >= 0.6 is 11.6 Å². The van der Waals surface area contributed by atoms with Crippen LogP contribution in [0.4, 0.5) is 10.1 Å². The van der Waals surface area contributed by atoms with E-state index in [9.17, 15) is 17.6 Å². The van der Waals surface area contributed by atoms with Crippen LogP contribution in [0.2, 0.25) is 5.02 Å². The van der Waals surface area contributed by atoms with Crippen LogP contribution in [0, 0.1) is 5.82 Å². The SMILES string of the molecule is COc1ccc(NC(=O)CC(NS(C)(=O)=O)c2ccc(F)cc2)cc1Cl. The Kier molecular flexibility index (Phi) is 6.57. The van der Waals surface area contributed by atoms with E-state index < -0.39 is 27.8 Å². The highest BCUT2D eigenvalue weighted by atomic mass is 35.5. The standard InChI is InChI=1S/C17H18ClFN2O4S/c1-25-16-8-7-13(9-14(16)18)20-17(22)10-15(21-26(2,23)24)11-3-5-12(19)6-4-11/h3-9,15,21H,10H2,1-2H3,(H,20,22). The summed E-state index contributed by atoms with van der Waals surface area (Å²) in [6, 6.07) is 9.16. The number of ether oxygens (including phenoxy) is 1. The van der Waals surface area contributed by atoms with Crippen molar-refractivity contribution in [1.29, 1.82) is 0 Å². The van der Waals surface area contributed by atoms with Crippen LogP contribution in [-0.2, 0) is 14.8 Å². The zero-order valence-electron chi connectivity index (χ0n) is 14.1. The summed E-state index contributed by atoms with van der Waals surface area (Å²) in [5.74, 6) is -0.423. The third kappa shape index (κ3) is 5.98. The molecule has 2 aromatic carbocycles. The molecule has 1 unspecified atom stereocenters. The molecule has 2 aromatic rings. The summed E-state index contributed by atoms with van der Waals surface area (Å²) >= 11 is 6.01. The molecule has 0 aliphatic heterocycles. The lowest BCUT2D eigenvalue weighted by molar-refractivity contribution is -0.116. The van der Waals surface area contributed by atoms with E-state index in [1.807, 2.05) is 0 Å². The highest BCUT2D eigenvalue weighted by Crippen LogP contribution is 2.27. The Morgan fingerprint density at radius 2 is 1.88 bits per heavy atom. The van der Waals surface area contributed by atoms with E-state index in [4.69, 9.17) is 16.3 Å². The second-order valence-electron chi connectivity index (χ2n) is 5.60. The molecule has 6 nitrogen and oxygen atoms in total. The van der Waals surface area contributed by atoms with Gasteiger partial charge in [-0.2, -0.15) is 0 Å². The molecule has 0 aromatic heterocycles. The number of carbonyl (C=O) groups excluding carboxylic acids is 1. The largest absolute Gasteiger partial charge is 0.495 e. The average molecular weight is 401 g/mol. The van der Waals surface area contributed by atoms with Crippen LogP contribution < -0.4 is 14.8 Å². The topological polar surface area (TPSA) is 84.5 Å². The molecule has 9 heteroatoms. The molecule has 0 aliphatic carbocycles. The molecular formula is C17H18ClFN2O4S. The van der Waals surface area contributed by atoms with E-state index in [2.05, 4.69) is 10.0 Å². The van der Waals surface area contributed by atoms with Gasteiger partial charge in [0, 0.05) is 12.1 Å². The van der Waals surface area contributed by atoms with Gasteiger partial charge >= 0.3 is 0 Å². The summed E-state index contributed by atoms with van der Waals surface area (Å²) in [5, 5.41) is 2.97.